The smallest absolute Gasteiger partial charge is 0.360 e. The molecule has 1 saturated carbocycles. The molecule has 0 atom stereocenters. The largest absolute Gasteiger partial charge is 0.464 e. The topological polar surface area (TPSA) is 108 Å². The summed E-state index contributed by atoms with van der Waals surface area (Å²) in [6.07, 6.45) is 3.03. The lowest BCUT2D eigenvalue weighted by molar-refractivity contribution is 0.0594. The minimum absolute atomic E-state index is 0.0701. The van der Waals surface area contributed by atoms with E-state index in [4.69, 9.17) is 9.68 Å². The fourth-order valence-corrected chi connectivity index (χ4v) is 2.30. The number of urea groups is 1. The molecule has 1 aliphatic rings. The molecule has 128 valence electrons. The Balaban J connectivity index is 1.68. The molecule has 0 saturated heterocycles. The van der Waals surface area contributed by atoms with Gasteiger partial charge in [-0.05, 0) is 37.1 Å². The molecule has 8 nitrogen and oxygen atoms in total. The summed E-state index contributed by atoms with van der Waals surface area (Å²) >= 11 is 0. The highest BCUT2D eigenvalue weighted by molar-refractivity contribution is 5.90. The third-order valence-electron chi connectivity index (χ3n) is 3.77. The highest BCUT2D eigenvalue weighted by Gasteiger charge is 2.34. The van der Waals surface area contributed by atoms with Crippen LogP contribution in [0.15, 0.2) is 34.9 Å². The Hall–Kier alpha value is -3.34. The molecule has 0 unspecified atom stereocenters. The number of aromatic nitrogens is 1. The number of nitrogens with zero attached hydrogens (tertiary/aromatic N) is 3. The number of hydrogen-bond acceptors (Lipinski definition) is 6. The molecule has 0 aliphatic heterocycles. The van der Waals surface area contributed by atoms with Gasteiger partial charge in [-0.2, -0.15) is 5.26 Å². The second-order valence-electron chi connectivity index (χ2n) is 5.60. The number of benzene rings is 1. The molecule has 2 amide bonds. The molecule has 8 heteroatoms. The lowest BCUT2D eigenvalue weighted by Crippen LogP contribution is -2.36. The summed E-state index contributed by atoms with van der Waals surface area (Å²) in [6.45, 7) is 0.157. The highest BCUT2D eigenvalue weighted by Crippen LogP contribution is 2.29. The number of carbonyl (C=O) groups is 2. The quantitative estimate of drug-likeness (QED) is 0.838. The molecule has 1 aliphatic carbocycles. The van der Waals surface area contributed by atoms with E-state index in [2.05, 4.69) is 15.0 Å². The van der Waals surface area contributed by atoms with Gasteiger partial charge < -0.3 is 19.4 Å². The number of hydrogen-bond donors (Lipinski definition) is 1. The van der Waals surface area contributed by atoms with E-state index in [-0.39, 0.29) is 30.2 Å². The zero-order valence-corrected chi connectivity index (χ0v) is 13.6. The van der Waals surface area contributed by atoms with Crippen LogP contribution in [0.1, 0.15) is 34.8 Å². The van der Waals surface area contributed by atoms with E-state index in [9.17, 15) is 9.59 Å². The summed E-state index contributed by atoms with van der Waals surface area (Å²) in [6, 6.07) is 8.46. The third-order valence-corrected chi connectivity index (χ3v) is 3.77. The van der Waals surface area contributed by atoms with Gasteiger partial charge >= 0.3 is 12.0 Å². The Bertz CT molecular complexity index is 818. The lowest BCUT2D eigenvalue weighted by Gasteiger charge is -2.21. The first kappa shape index (κ1) is 16.5. The van der Waals surface area contributed by atoms with Crippen molar-refractivity contribution < 1.29 is 18.7 Å². The molecule has 1 heterocycles. The van der Waals surface area contributed by atoms with Crippen LogP contribution >= 0.6 is 0 Å². The van der Waals surface area contributed by atoms with Crippen molar-refractivity contribution >= 4 is 17.7 Å². The number of esters is 1. The van der Waals surface area contributed by atoms with Crippen molar-refractivity contribution in [2.75, 3.05) is 12.4 Å². The number of rotatable bonds is 5. The van der Waals surface area contributed by atoms with Gasteiger partial charge in [0.1, 0.15) is 6.26 Å². The van der Waals surface area contributed by atoms with Crippen LogP contribution in [0.25, 0.3) is 0 Å². The fraction of sp³-hybridized carbons (Fsp3) is 0.294. The number of nitrogens with one attached hydrogen (secondary N) is 1. The average Bonchev–Trinajstić information content (AvgIpc) is 3.37. The van der Waals surface area contributed by atoms with Gasteiger partial charge in [0.15, 0.2) is 5.69 Å². The summed E-state index contributed by atoms with van der Waals surface area (Å²) in [5.74, 6) is -0.322. The summed E-state index contributed by atoms with van der Waals surface area (Å²) < 4.78 is 9.84. The molecule has 1 N–H and O–H groups in total. The molecule has 1 fully saturated rings. The normalized spacial score (nSPS) is 13.0. The van der Waals surface area contributed by atoms with Crippen LogP contribution in [0.2, 0.25) is 0 Å². The molecule has 0 spiro atoms. The van der Waals surface area contributed by atoms with Crippen LogP contribution in [0.5, 0.6) is 0 Å². The average molecular weight is 340 g/mol. The second kappa shape index (κ2) is 7.05. The summed E-state index contributed by atoms with van der Waals surface area (Å²) in [4.78, 5) is 29.6. The molecule has 25 heavy (non-hydrogen) atoms. The molecule has 1 aromatic carbocycles. The minimum Gasteiger partial charge on any atom is -0.464 e. The minimum atomic E-state index is -0.588. The van der Waals surface area contributed by atoms with Crippen molar-refractivity contribution in [1.82, 2.24) is 9.88 Å². The molecule has 0 bridgehead atoms. The molecule has 2 aromatic rings. The maximum Gasteiger partial charge on any atom is 0.360 e. The van der Waals surface area contributed by atoms with Crippen molar-refractivity contribution in [1.29, 1.82) is 5.26 Å². The van der Waals surface area contributed by atoms with Crippen LogP contribution in [0, 0.1) is 11.3 Å². The first-order valence-corrected chi connectivity index (χ1v) is 7.71. The maximum absolute atomic E-state index is 12.5. The SMILES string of the molecule is COC(=O)c1coc(CN(C(=O)Nc2ccc(C#N)cc2)C2CC2)n1. The third kappa shape index (κ3) is 3.95. The predicted molar refractivity (Wildman–Crippen MR) is 86.6 cm³/mol. The number of amides is 2. The Morgan fingerprint density at radius 3 is 2.72 bits per heavy atom. The second-order valence-corrected chi connectivity index (χ2v) is 5.60. The molecular weight excluding hydrogens is 324 g/mol. The first-order valence-electron chi connectivity index (χ1n) is 7.71. The van der Waals surface area contributed by atoms with E-state index < -0.39 is 5.97 Å². The van der Waals surface area contributed by atoms with E-state index in [0.717, 1.165) is 12.8 Å². The molecule has 0 radical (unpaired) electrons. The number of ether oxygens (including phenoxy) is 1. The zero-order chi connectivity index (χ0) is 17.8. The van der Waals surface area contributed by atoms with Gasteiger partial charge in [-0.3, -0.25) is 0 Å². The Kier molecular flexibility index (Phi) is 4.66. The van der Waals surface area contributed by atoms with Crippen molar-refractivity contribution in [2.45, 2.75) is 25.4 Å². The number of anilines is 1. The van der Waals surface area contributed by atoms with Crippen molar-refractivity contribution in [2.24, 2.45) is 0 Å². The standard InChI is InChI=1S/C17H16N4O4/c1-24-16(22)14-10-25-15(20-14)9-21(13-6-7-13)17(23)19-12-4-2-11(8-18)3-5-12/h2-5,10,13H,6-7,9H2,1H3,(H,19,23). The number of carbonyl (C=O) groups excluding carboxylic acids is 2. The van der Waals surface area contributed by atoms with E-state index in [1.54, 1.807) is 29.2 Å². The van der Waals surface area contributed by atoms with Gasteiger partial charge in [0.25, 0.3) is 0 Å². The molecule has 1 aromatic heterocycles. The van der Waals surface area contributed by atoms with Crippen LogP contribution in [0.3, 0.4) is 0 Å². The zero-order valence-electron chi connectivity index (χ0n) is 13.6. The van der Waals surface area contributed by atoms with Crippen LogP contribution < -0.4 is 5.32 Å². The number of nitriles is 1. The number of oxazole rings is 1. The van der Waals surface area contributed by atoms with Gasteiger partial charge in [-0.1, -0.05) is 0 Å². The Morgan fingerprint density at radius 2 is 2.12 bits per heavy atom. The van der Waals surface area contributed by atoms with E-state index in [1.807, 2.05) is 6.07 Å². The first-order chi connectivity index (χ1) is 12.1. The number of methoxy groups -OCH3 is 1. The Labute approximate surface area is 144 Å². The maximum atomic E-state index is 12.5. The van der Waals surface area contributed by atoms with Crippen molar-refractivity contribution in [3.8, 4) is 6.07 Å². The van der Waals surface area contributed by atoms with Gasteiger partial charge in [-0.25, -0.2) is 14.6 Å². The van der Waals surface area contributed by atoms with Crippen molar-refractivity contribution in [3.63, 3.8) is 0 Å². The monoisotopic (exact) mass is 340 g/mol. The summed E-state index contributed by atoms with van der Waals surface area (Å²) in [5.41, 5.74) is 1.19. The predicted octanol–water partition coefficient (Wildman–Crippen LogP) is 2.53. The summed E-state index contributed by atoms with van der Waals surface area (Å²) in [7, 11) is 1.26. The van der Waals surface area contributed by atoms with E-state index >= 15 is 0 Å². The van der Waals surface area contributed by atoms with E-state index in [0.29, 0.717) is 11.3 Å². The highest BCUT2D eigenvalue weighted by atomic mass is 16.5. The van der Waals surface area contributed by atoms with Crippen molar-refractivity contribution in [3.05, 3.63) is 47.7 Å². The van der Waals surface area contributed by atoms with E-state index in [1.165, 1.54) is 13.4 Å². The lowest BCUT2D eigenvalue weighted by atomic mass is 10.2. The van der Waals surface area contributed by atoms with Gasteiger partial charge in [0, 0.05) is 11.7 Å². The van der Waals surface area contributed by atoms with Crippen LogP contribution in [-0.2, 0) is 11.3 Å². The van der Waals surface area contributed by atoms with Crippen LogP contribution in [-0.4, -0.2) is 35.0 Å². The molecule has 3 rings (SSSR count). The Morgan fingerprint density at radius 1 is 1.40 bits per heavy atom. The van der Waals surface area contributed by atoms with Crippen LogP contribution in [0.4, 0.5) is 10.5 Å². The molecular formula is C17H16N4O4. The summed E-state index contributed by atoms with van der Waals surface area (Å²) in [5, 5.41) is 11.6. The van der Waals surface area contributed by atoms with Gasteiger partial charge in [-0.15, -0.1) is 0 Å². The fourth-order valence-electron chi connectivity index (χ4n) is 2.30. The van der Waals surface area contributed by atoms with Gasteiger partial charge in [0.2, 0.25) is 5.89 Å². The van der Waals surface area contributed by atoms with Gasteiger partial charge in [0.05, 0.1) is 25.3 Å².